The largest absolute Gasteiger partial charge is 0.508 e. The van der Waals surface area contributed by atoms with Crippen LogP contribution in [0.2, 0.25) is 10.0 Å². The molecular formula is C27H32Cl2N2O2. The Kier molecular flexibility index (Phi) is 6.61. The lowest BCUT2D eigenvalue weighted by Crippen LogP contribution is -2.56. The van der Waals surface area contributed by atoms with Crippen LogP contribution in [-0.4, -0.2) is 41.6 Å². The van der Waals surface area contributed by atoms with Crippen molar-refractivity contribution < 1.29 is 9.90 Å². The summed E-state index contributed by atoms with van der Waals surface area (Å²) in [5, 5.41) is 14.5. The van der Waals surface area contributed by atoms with Crippen LogP contribution in [0, 0.1) is 11.8 Å². The van der Waals surface area contributed by atoms with Crippen LogP contribution in [0.4, 0.5) is 0 Å². The lowest BCUT2D eigenvalue weighted by atomic mass is 9.58. The molecule has 0 bridgehead atoms. The standard InChI is InChI=1S/C27H32Cl2N2O2/c28-24-9-6-19(12-25(24)29)13-26(33)30-22-8-7-21-17-31(16-18-4-5-18)11-10-27(21,15-22)20-2-1-3-23(32)14-20/h1-3,6,9,12,14,18,21-22,32H,4-5,7-8,10-11,13,15-17H2,(H,30,33). The van der Waals surface area contributed by atoms with Crippen molar-refractivity contribution in [1.29, 1.82) is 0 Å². The zero-order valence-corrected chi connectivity index (χ0v) is 20.4. The van der Waals surface area contributed by atoms with Gasteiger partial charge in [-0.2, -0.15) is 0 Å². The minimum Gasteiger partial charge on any atom is -0.508 e. The number of rotatable bonds is 6. The van der Waals surface area contributed by atoms with E-state index in [1.165, 1.54) is 24.9 Å². The van der Waals surface area contributed by atoms with Gasteiger partial charge >= 0.3 is 0 Å². The second-order valence-corrected chi connectivity index (χ2v) is 11.1. The van der Waals surface area contributed by atoms with Crippen LogP contribution in [0.25, 0.3) is 0 Å². The number of carbonyl (C=O) groups excluding carboxylic acids is 1. The van der Waals surface area contributed by atoms with Gasteiger partial charge in [-0.3, -0.25) is 4.79 Å². The van der Waals surface area contributed by atoms with Crippen molar-refractivity contribution in [3.63, 3.8) is 0 Å². The van der Waals surface area contributed by atoms with Crippen LogP contribution in [-0.2, 0) is 16.6 Å². The van der Waals surface area contributed by atoms with Crippen LogP contribution in [0.15, 0.2) is 42.5 Å². The molecule has 1 amide bonds. The van der Waals surface area contributed by atoms with Crippen molar-refractivity contribution in [2.24, 2.45) is 11.8 Å². The zero-order valence-electron chi connectivity index (χ0n) is 18.9. The van der Waals surface area contributed by atoms with E-state index in [9.17, 15) is 9.90 Å². The summed E-state index contributed by atoms with van der Waals surface area (Å²) >= 11 is 12.1. The monoisotopic (exact) mass is 486 g/mol. The Bertz CT molecular complexity index is 1020. The van der Waals surface area contributed by atoms with Gasteiger partial charge in [0.2, 0.25) is 5.91 Å². The van der Waals surface area contributed by atoms with Crippen molar-refractivity contribution in [3.05, 3.63) is 63.6 Å². The fraction of sp³-hybridized carbons (Fsp3) is 0.519. The lowest BCUT2D eigenvalue weighted by Gasteiger charge is -2.53. The molecule has 2 saturated carbocycles. The fourth-order valence-electron chi connectivity index (χ4n) is 6.10. The first kappa shape index (κ1) is 23.0. The maximum Gasteiger partial charge on any atom is 0.224 e. The summed E-state index contributed by atoms with van der Waals surface area (Å²) < 4.78 is 0. The van der Waals surface area contributed by atoms with E-state index < -0.39 is 0 Å². The Hall–Kier alpha value is -1.75. The number of carbonyl (C=O) groups is 1. The third-order valence-corrected chi connectivity index (χ3v) is 8.70. The number of likely N-dealkylation sites (tertiary alicyclic amines) is 1. The zero-order chi connectivity index (χ0) is 23.0. The first-order valence-electron chi connectivity index (χ1n) is 12.2. The van der Waals surface area contributed by atoms with Crippen LogP contribution < -0.4 is 5.32 Å². The SMILES string of the molecule is O=C(Cc1ccc(Cl)c(Cl)c1)NC1CCC2CN(CC3CC3)CCC2(c2cccc(O)c2)C1. The highest BCUT2D eigenvalue weighted by Crippen LogP contribution is 2.50. The van der Waals surface area contributed by atoms with Crippen molar-refractivity contribution in [2.45, 2.75) is 56.4 Å². The molecule has 2 aromatic carbocycles. The van der Waals surface area contributed by atoms with Gasteiger partial charge < -0.3 is 15.3 Å². The van der Waals surface area contributed by atoms with E-state index in [4.69, 9.17) is 23.2 Å². The smallest absolute Gasteiger partial charge is 0.224 e. The predicted octanol–water partition coefficient (Wildman–Crippen LogP) is 5.58. The van der Waals surface area contributed by atoms with E-state index >= 15 is 0 Å². The van der Waals surface area contributed by atoms with Crippen molar-refractivity contribution in [1.82, 2.24) is 10.2 Å². The number of hydrogen-bond acceptors (Lipinski definition) is 3. The van der Waals surface area contributed by atoms with Gasteiger partial charge in [0, 0.05) is 24.5 Å². The molecule has 4 nitrogen and oxygen atoms in total. The molecule has 0 spiro atoms. The molecule has 2 N–H and O–H groups in total. The normalized spacial score (nSPS) is 27.7. The predicted molar refractivity (Wildman–Crippen MR) is 133 cm³/mol. The average Bonchev–Trinajstić information content (AvgIpc) is 3.60. The Labute approximate surface area is 206 Å². The van der Waals surface area contributed by atoms with E-state index in [0.29, 0.717) is 28.1 Å². The first-order chi connectivity index (χ1) is 15.9. The Morgan fingerprint density at radius 3 is 2.70 bits per heavy atom. The Balaban J connectivity index is 1.31. The molecule has 3 fully saturated rings. The topological polar surface area (TPSA) is 52.6 Å². The summed E-state index contributed by atoms with van der Waals surface area (Å²) in [5.41, 5.74) is 2.09. The molecule has 176 valence electrons. The Morgan fingerprint density at radius 2 is 1.94 bits per heavy atom. The van der Waals surface area contributed by atoms with Crippen molar-refractivity contribution in [2.75, 3.05) is 19.6 Å². The van der Waals surface area contributed by atoms with Crippen molar-refractivity contribution >= 4 is 29.1 Å². The number of hydrogen-bond donors (Lipinski definition) is 2. The highest BCUT2D eigenvalue weighted by Gasteiger charge is 2.48. The fourth-order valence-corrected chi connectivity index (χ4v) is 6.42. The number of benzene rings is 2. The summed E-state index contributed by atoms with van der Waals surface area (Å²) in [4.78, 5) is 15.5. The number of halogens is 2. The highest BCUT2D eigenvalue weighted by atomic mass is 35.5. The number of fused-ring (bicyclic) bond motifs is 1. The Morgan fingerprint density at radius 1 is 1.09 bits per heavy atom. The number of phenols is 1. The molecule has 0 aromatic heterocycles. The molecule has 3 atom stereocenters. The van der Waals surface area contributed by atoms with E-state index in [-0.39, 0.29) is 17.4 Å². The van der Waals surface area contributed by atoms with E-state index in [1.54, 1.807) is 18.2 Å². The quantitative estimate of drug-likeness (QED) is 0.560. The number of nitrogens with zero attached hydrogens (tertiary/aromatic N) is 1. The minimum absolute atomic E-state index is 0.00142. The molecule has 6 heteroatoms. The van der Waals surface area contributed by atoms with Gasteiger partial charge in [-0.25, -0.2) is 0 Å². The molecule has 33 heavy (non-hydrogen) atoms. The lowest BCUT2D eigenvalue weighted by molar-refractivity contribution is -0.121. The molecule has 2 aliphatic carbocycles. The highest BCUT2D eigenvalue weighted by molar-refractivity contribution is 6.42. The first-order valence-corrected chi connectivity index (χ1v) is 12.9. The number of amides is 1. The van der Waals surface area contributed by atoms with Gasteiger partial charge in [-0.15, -0.1) is 0 Å². The van der Waals surface area contributed by atoms with Gasteiger partial charge in [-0.1, -0.05) is 41.4 Å². The molecule has 5 rings (SSSR count). The van der Waals surface area contributed by atoms with Gasteiger partial charge in [0.15, 0.2) is 0 Å². The molecule has 1 heterocycles. The average molecular weight is 487 g/mol. The molecule has 3 aliphatic rings. The molecule has 1 aliphatic heterocycles. The van der Waals surface area contributed by atoms with Gasteiger partial charge in [0.05, 0.1) is 16.5 Å². The summed E-state index contributed by atoms with van der Waals surface area (Å²) in [6, 6.07) is 13.3. The number of phenolic OH excluding ortho intramolecular Hbond substituents is 1. The van der Waals surface area contributed by atoms with E-state index in [0.717, 1.165) is 50.3 Å². The second-order valence-electron chi connectivity index (χ2n) is 10.3. The third kappa shape index (κ3) is 5.18. The molecule has 0 radical (unpaired) electrons. The summed E-state index contributed by atoms with van der Waals surface area (Å²) in [6.07, 6.45) is 7.14. The van der Waals surface area contributed by atoms with E-state index in [2.05, 4.69) is 16.3 Å². The second kappa shape index (κ2) is 9.48. The van der Waals surface area contributed by atoms with Gasteiger partial charge in [0.1, 0.15) is 5.75 Å². The van der Waals surface area contributed by atoms with Crippen LogP contribution >= 0.6 is 23.2 Å². The maximum absolute atomic E-state index is 12.9. The van der Waals surface area contributed by atoms with Crippen LogP contribution in [0.3, 0.4) is 0 Å². The van der Waals surface area contributed by atoms with E-state index in [1.807, 2.05) is 18.2 Å². The van der Waals surface area contributed by atoms with Gasteiger partial charge in [-0.05, 0) is 92.3 Å². The summed E-state index contributed by atoms with van der Waals surface area (Å²) in [5.74, 6) is 1.80. The van der Waals surface area contributed by atoms with Crippen LogP contribution in [0.1, 0.15) is 49.7 Å². The number of piperidine rings is 1. The molecule has 2 aromatic rings. The molecular weight excluding hydrogens is 455 g/mol. The number of nitrogens with one attached hydrogen (secondary N) is 1. The molecule has 3 unspecified atom stereocenters. The summed E-state index contributed by atoms with van der Waals surface area (Å²) in [6.45, 7) is 3.44. The third-order valence-electron chi connectivity index (χ3n) is 7.96. The van der Waals surface area contributed by atoms with Gasteiger partial charge in [0.25, 0.3) is 0 Å². The van der Waals surface area contributed by atoms with Crippen molar-refractivity contribution in [3.8, 4) is 5.75 Å². The number of aromatic hydroxyl groups is 1. The molecule has 1 saturated heterocycles. The summed E-state index contributed by atoms with van der Waals surface area (Å²) in [7, 11) is 0. The maximum atomic E-state index is 12.9. The minimum atomic E-state index is -0.00142. The van der Waals surface area contributed by atoms with Crippen LogP contribution in [0.5, 0.6) is 5.75 Å².